The van der Waals surface area contributed by atoms with Crippen LogP contribution in [0.1, 0.15) is 44.7 Å². The Morgan fingerprint density at radius 1 is 1.28 bits per heavy atom. The van der Waals surface area contributed by atoms with Gasteiger partial charge in [-0.05, 0) is 55.0 Å². The van der Waals surface area contributed by atoms with Crippen LogP contribution in [0.25, 0.3) is 0 Å². The fourth-order valence-electron chi connectivity index (χ4n) is 2.56. The summed E-state index contributed by atoms with van der Waals surface area (Å²) in [6.45, 7) is 10.7. The number of rotatable bonds is 7. The second-order valence-electron chi connectivity index (χ2n) is 5.59. The van der Waals surface area contributed by atoms with Crippen molar-refractivity contribution in [2.24, 2.45) is 5.41 Å². The molecule has 0 heterocycles. The second-order valence-corrected chi connectivity index (χ2v) is 5.59. The minimum atomic E-state index is -0.127. The van der Waals surface area contributed by atoms with E-state index in [1.54, 1.807) is 12.1 Å². The molecule has 0 bridgehead atoms. The van der Waals surface area contributed by atoms with Crippen molar-refractivity contribution in [2.45, 2.75) is 47.0 Å². The summed E-state index contributed by atoms with van der Waals surface area (Å²) in [5.41, 5.74) is 2.54. The van der Waals surface area contributed by atoms with Gasteiger partial charge in [-0.3, -0.25) is 0 Å². The van der Waals surface area contributed by atoms with Crippen LogP contribution in [-0.2, 0) is 6.42 Å². The van der Waals surface area contributed by atoms with Crippen molar-refractivity contribution in [1.29, 1.82) is 0 Å². The minimum absolute atomic E-state index is 0.127. The van der Waals surface area contributed by atoms with Crippen molar-refractivity contribution in [3.8, 4) is 0 Å². The van der Waals surface area contributed by atoms with Gasteiger partial charge in [-0.25, -0.2) is 4.39 Å². The van der Waals surface area contributed by atoms with E-state index in [-0.39, 0.29) is 11.2 Å². The Bertz CT molecular complexity index is 375. The summed E-state index contributed by atoms with van der Waals surface area (Å²) >= 11 is 0. The predicted octanol–water partition coefficient (Wildman–Crippen LogP) is 4.09. The molecule has 1 atom stereocenters. The second kappa shape index (κ2) is 6.89. The smallest absolute Gasteiger partial charge is 0.123 e. The zero-order valence-corrected chi connectivity index (χ0v) is 12.1. The predicted molar refractivity (Wildman–Crippen MR) is 76.4 cm³/mol. The lowest BCUT2D eigenvalue weighted by molar-refractivity contribution is 0.277. The van der Waals surface area contributed by atoms with Gasteiger partial charge in [0.25, 0.3) is 0 Å². The molecular formula is C16H26FN. The van der Waals surface area contributed by atoms with Crippen LogP contribution in [0.15, 0.2) is 18.2 Å². The molecule has 1 aromatic carbocycles. The molecule has 0 aromatic heterocycles. The van der Waals surface area contributed by atoms with Crippen LogP contribution < -0.4 is 5.32 Å². The van der Waals surface area contributed by atoms with E-state index in [2.05, 4.69) is 33.0 Å². The van der Waals surface area contributed by atoms with E-state index >= 15 is 0 Å². The third kappa shape index (κ3) is 4.41. The molecule has 1 N–H and O–H groups in total. The quantitative estimate of drug-likeness (QED) is 0.769. The van der Waals surface area contributed by atoms with Gasteiger partial charge in [0.15, 0.2) is 0 Å². The SMILES string of the molecule is CCCC(C)(CNCC)Cc1cc(F)ccc1C. The molecule has 0 aliphatic heterocycles. The van der Waals surface area contributed by atoms with Crippen molar-refractivity contribution in [3.63, 3.8) is 0 Å². The van der Waals surface area contributed by atoms with Crippen molar-refractivity contribution >= 4 is 0 Å². The fraction of sp³-hybridized carbons (Fsp3) is 0.625. The number of hydrogen-bond donors (Lipinski definition) is 1. The number of nitrogens with one attached hydrogen (secondary N) is 1. The van der Waals surface area contributed by atoms with Gasteiger partial charge in [0.2, 0.25) is 0 Å². The van der Waals surface area contributed by atoms with Gasteiger partial charge in [-0.1, -0.05) is 33.3 Å². The highest BCUT2D eigenvalue weighted by Gasteiger charge is 2.24. The molecule has 0 spiro atoms. The van der Waals surface area contributed by atoms with Crippen LogP contribution in [-0.4, -0.2) is 13.1 Å². The highest BCUT2D eigenvalue weighted by atomic mass is 19.1. The Hall–Kier alpha value is -0.890. The monoisotopic (exact) mass is 251 g/mol. The lowest BCUT2D eigenvalue weighted by atomic mass is 9.78. The molecule has 2 heteroatoms. The molecule has 102 valence electrons. The average Bonchev–Trinajstić information content (AvgIpc) is 2.32. The summed E-state index contributed by atoms with van der Waals surface area (Å²) in [6, 6.07) is 5.11. The lowest BCUT2D eigenvalue weighted by Gasteiger charge is -2.30. The molecule has 0 saturated carbocycles. The highest BCUT2D eigenvalue weighted by Crippen LogP contribution is 2.29. The molecule has 0 aliphatic carbocycles. The third-order valence-electron chi connectivity index (χ3n) is 3.58. The van der Waals surface area contributed by atoms with Crippen LogP contribution in [0.5, 0.6) is 0 Å². The first-order valence-electron chi connectivity index (χ1n) is 6.96. The zero-order valence-electron chi connectivity index (χ0n) is 12.1. The van der Waals surface area contributed by atoms with Crippen LogP contribution >= 0.6 is 0 Å². The Morgan fingerprint density at radius 3 is 2.61 bits per heavy atom. The van der Waals surface area contributed by atoms with Crippen LogP contribution in [0.3, 0.4) is 0 Å². The van der Waals surface area contributed by atoms with Crippen molar-refractivity contribution in [1.82, 2.24) is 5.32 Å². The van der Waals surface area contributed by atoms with Gasteiger partial charge in [0, 0.05) is 6.54 Å². The molecule has 0 aliphatic rings. The van der Waals surface area contributed by atoms with E-state index in [4.69, 9.17) is 0 Å². The van der Waals surface area contributed by atoms with Gasteiger partial charge < -0.3 is 5.32 Å². The Kier molecular flexibility index (Phi) is 5.80. The van der Waals surface area contributed by atoms with Crippen LogP contribution in [0.2, 0.25) is 0 Å². The van der Waals surface area contributed by atoms with Gasteiger partial charge in [0.05, 0.1) is 0 Å². The number of halogens is 1. The summed E-state index contributed by atoms with van der Waals surface area (Å²) < 4.78 is 13.3. The first kappa shape index (κ1) is 15.2. The standard InChI is InChI=1S/C16H26FN/c1-5-9-16(4,12-18-6-2)11-14-10-15(17)8-7-13(14)3/h7-8,10,18H,5-6,9,11-12H2,1-4H3. The highest BCUT2D eigenvalue weighted by molar-refractivity contribution is 5.27. The van der Waals surface area contributed by atoms with Crippen LogP contribution in [0, 0.1) is 18.2 Å². The normalized spacial score (nSPS) is 14.5. The molecule has 0 fully saturated rings. The number of benzene rings is 1. The number of hydrogen-bond acceptors (Lipinski definition) is 1. The fourth-order valence-corrected chi connectivity index (χ4v) is 2.56. The van der Waals surface area contributed by atoms with Gasteiger partial charge in [-0.15, -0.1) is 0 Å². The molecule has 0 saturated heterocycles. The van der Waals surface area contributed by atoms with Gasteiger partial charge in [-0.2, -0.15) is 0 Å². The summed E-state index contributed by atoms with van der Waals surface area (Å²) in [6.07, 6.45) is 3.27. The maximum absolute atomic E-state index is 13.3. The molecule has 1 nitrogen and oxygen atoms in total. The largest absolute Gasteiger partial charge is 0.316 e. The average molecular weight is 251 g/mol. The van der Waals surface area contributed by atoms with Crippen molar-refractivity contribution in [2.75, 3.05) is 13.1 Å². The number of aryl methyl sites for hydroxylation is 1. The van der Waals surface area contributed by atoms with E-state index in [9.17, 15) is 4.39 Å². The van der Waals surface area contributed by atoms with Crippen LogP contribution in [0.4, 0.5) is 4.39 Å². The maximum atomic E-state index is 13.3. The first-order valence-corrected chi connectivity index (χ1v) is 6.96. The van der Waals surface area contributed by atoms with Crippen molar-refractivity contribution < 1.29 is 4.39 Å². The minimum Gasteiger partial charge on any atom is -0.316 e. The topological polar surface area (TPSA) is 12.0 Å². The van der Waals surface area contributed by atoms with E-state index in [1.165, 1.54) is 5.56 Å². The Morgan fingerprint density at radius 2 is 2.00 bits per heavy atom. The zero-order chi connectivity index (χ0) is 13.6. The summed E-state index contributed by atoms with van der Waals surface area (Å²) in [7, 11) is 0. The van der Waals surface area contributed by atoms with E-state index in [0.717, 1.165) is 37.9 Å². The molecule has 0 radical (unpaired) electrons. The Balaban J connectivity index is 2.84. The van der Waals surface area contributed by atoms with E-state index < -0.39 is 0 Å². The Labute approximate surface area is 111 Å². The molecule has 1 unspecified atom stereocenters. The molecular weight excluding hydrogens is 225 g/mol. The lowest BCUT2D eigenvalue weighted by Crippen LogP contribution is -2.33. The molecule has 18 heavy (non-hydrogen) atoms. The molecule has 0 amide bonds. The molecule has 1 rings (SSSR count). The van der Waals surface area contributed by atoms with Crippen molar-refractivity contribution in [3.05, 3.63) is 35.1 Å². The van der Waals surface area contributed by atoms with E-state index in [0.29, 0.717) is 0 Å². The summed E-state index contributed by atoms with van der Waals surface area (Å²) in [5.74, 6) is -0.127. The van der Waals surface area contributed by atoms with Gasteiger partial charge in [0.1, 0.15) is 5.82 Å². The van der Waals surface area contributed by atoms with Gasteiger partial charge >= 0.3 is 0 Å². The summed E-state index contributed by atoms with van der Waals surface area (Å²) in [4.78, 5) is 0. The molecule has 1 aromatic rings. The third-order valence-corrected chi connectivity index (χ3v) is 3.58. The van der Waals surface area contributed by atoms with E-state index in [1.807, 2.05) is 6.07 Å². The summed E-state index contributed by atoms with van der Waals surface area (Å²) in [5, 5.41) is 3.43. The first-order chi connectivity index (χ1) is 8.50. The maximum Gasteiger partial charge on any atom is 0.123 e.